The van der Waals surface area contributed by atoms with E-state index in [1.165, 1.54) is 255 Å². The van der Waals surface area contributed by atoms with Crippen LogP contribution in [-0.2, 0) is 77.0 Å². The van der Waals surface area contributed by atoms with Gasteiger partial charge in [0.2, 0.25) is 0 Å². The number of aryl methyl sites for hydroxylation is 12. The first kappa shape index (κ1) is 55.4. The highest BCUT2D eigenvalue weighted by Gasteiger charge is 2.29. The molecule has 0 aliphatic heterocycles. The molecule has 3 nitrogen and oxygen atoms in total. The van der Waals surface area contributed by atoms with Gasteiger partial charge in [-0.3, -0.25) is 0 Å². The van der Waals surface area contributed by atoms with Gasteiger partial charge in [-0.2, -0.15) is 0 Å². The molecule has 0 spiro atoms. The van der Waals surface area contributed by atoms with Crippen molar-refractivity contribution in [2.75, 3.05) is 14.7 Å². The van der Waals surface area contributed by atoms with E-state index >= 15 is 0 Å². The van der Waals surface area contributed by atoms with E-state index in [1.807, 2.05) is 0 Å². The average Bonchev–Trinajstić information content (AvgIpc) is 3.64. The van der Waals surface area contributed by atoms with Crippen molar-refractivity contribution in [1.82, 2.24) is 0 Å². The standard InChI is InChI=1S/C78H92ClN3/c79-78-76(81(71-45-39-59-27-15-3-9-21-33-65(59)51-71)72-46-40-60-28-16-4-10-22-34-66(60)52-72)55-75(80(69-43-37-57-25-13-1-7-19-31-63(57)49-69)70-44-38-58-26-14-2-8-20-32-64(58)50-70)56-77(78)82(73-47-41-61-29-17-5-11-23-35-67(61)53-73)74-48-42-62-30-18-6-12-24-36-68(62)54-74/h37-56H,1-36H2. The van der Waals surface area contributed by atoms with E-state index < -0.39 is 0 Å². The minimum atomic E-state index is 0.789. The van der Waals surface area contributed by atoms with Crippen LogP contribution < -0.4 is 14.7 Å². The lowest BCUT2D eigenvalue weighted by Gasteiger charge is -2.35. The average molecular weight is 1110 g/mol. The Kier molecular flexibility index (Phi) is 17.9. The maximum Gasteiger partial charge on any atom is 0.0888 e. The summed E-state index contributed by atoms with van der Waals surface area (Å²) < 4.78 is 0. The molecule has 6 aliphatic carbocycles. The van der Waals surface area contributed by atoms with E-state index in [2.05, 4.69) is 136 Å². The molecular weight excluding hydrogens is 1010 g/mol. The molecule has 0 bridgehead atoms. The molecule has 82 heavy (non-hydrogen) atoms. The summed E-state index contributed by atoms with van der Waals surface area (Å²) in [5, 5.41) is 0.789. The molecule has 0 N–H and O–H groups in total. The normalized spacial score (nSPS) is 18.0. The van der Waals surface area contributed by atoms with Crippen molar-refractivity contribution in [3.05, 3.63) is 193 Å². The summed E-state index contributed by atoms with van der Waals surface area (Å²) in [6.07, 6.45) is 44.5. The fraction of sp³-hybridized carbons (Fsp3) is 0.462. The van der Waals surface area contributed by atoms with Crippen molar-refractivity contribution >= 4 is 62.8 Å². The van der Waals surface area contributed by atoms with Crippen LogP contribution >= 0.6 is 11.6 Å². The molecule has 0 saturated heterocycles. The molecule has 0 unspecified atom stereocenters. The van der Waals surface area contributed by atoms with E-state index in [1.54, 1.807) is 0 Å². The van der Waals surface area contributed by atoms with Crippen LogP contribution in [0, 0.1) is 0 Å². The molecule has 7 aromatic carbocycles. The third kappa shape index (κ3) is 12.5. The Morgan fingerprint density at radius 1 is 0.183 bits per heavy atom. The van der Waals surface area contributed by atoms with Gasteiger partial charge in [0.15, 0.2) is 0 Å². The quantitative estimate of drug-likeness (QED) is 0.143. The van der Waals surface area contributed by atoms with Gasteiger partial charge in [-0.1, -0.05) is 125 Å². The molecule has 6 aliphatic rings. The van der Waals surface area contributed by atoms with Crippen molar-refractivity contribution in [3.63, 3.8) is 0 Å². The molecular formula is C78H92ClN3. The Balaban J connectivity index is 1.10. The highest BCUT2D eigenvalue weighted by Crippen LogP contribution is 2.52. The van der Waals surface area contributed by atoms with Gasteiger partial charge >= 0.3 is 0 Å². The number of anilines is 9. The maximum atomic E-state index is 8.69. The van der Waals surface area contributed by atoms with Crippen LogP contribution in [0.2, 0.25) is 5.02 Å². The highest BCUT2D eigenvalue weighted by molar-refractivity contribution is 6.37. The Morgan fingerprint density at radius 3 is 0.573 bits per heavy atom. The number of fused-ring (bicyclic) bond motifs is 6. The SMILES string of the molecule is Clc1c(N(c2ccc3c(c2)CCCCCC3)c2ccc3c(c2)CCCCCC3)cc(N(c2ccc3c(c2)CCCCCC3)c2ccc3c(c2)CCCCCC3)cc1N(c1ccc2c(c1)CCCCCC2)c1ccc2c(c1)CCCCCC2. The number of halogens is 1. The molecule has 13 rings (SSSR count). The van der Waals surface area contributed by atoms with Crippen LogP contribution in [0.4, 0.5) is 51.2 Å². The van der Waals surface area contributed by atoms with Crippen LogP contribution in [0.25, 0.3) is 0 Å². The van der Waals surface area contributed by atoms with Gasteiger partial charge in [0.05, 0.1) is 22.1 Å². The summed E-state index contributed by atoms with van der Waals surface area (Å²) >= 11 is 8.69. The number of rotatable bonds is 9. The van der Waals surface area contributed by atoms with Crippen molar-refractivity contribution in [2.45, 2.75) is 231 Å². The van der Waals surface area contributed by atoms with E-state index in [9.17, 15) is 0 Å². The third-order valence-electron chi connectivity index (χ3n) is 20.3. The lowest BCUT2D eigenvalue weighted by atomic mass is 9.91. The number of hydrogen-bond acceptors (Lipinski definition) is 3. The van der Waals surface area contributed by atoms with E-state index in [-0.39, 0.29) is 0 Å². The first-order chi connectivity index (χ1) is 40.6. The third-order valence-corrected chi connectivity index (χ3v) is 20.7. The molecule has 0 atom stereocenters. The Labute approximate surface area is 498 Å². The molecule has 0 amide bonds. The molecule has 0 heterocycles. The second-order valence-electron chi connectivity index (χ2n) is 26.0. The van der Waals surface area contributed by atoms with Crippen LogP contribution in [0.1, 0.15) is 221 Å². The molecule has 0 radical (unpaired) electrons. The summed E-state index contributed by atoms with van der Waals surface area (Å²) in [6.45, 7) is 0. The van der Waals surface area contributed by atoms with E-state index in [0.29, 0.717) is 0 Å². The van der Waals surface area contributed by atoms with E-state index in [0.717, 1.165) is 99.1 Å². The van der Waals surface area contributed by atoms with Crippen LogP contribution in [-0.4, -0.2) is 0 Å². The molecule has 426 valence electrons. The molecule has 0 saturated carbocycles. The van der Waals surface area contributed by atoms with Gasteiger partial charge in [0.25, 0.3) is 0 Å². The van der Waals surface area contributed by atoms with Gasteiger partial charge in [-0.25, -0.2) is 0 Å². The summed E-state index contributed by atoms with van der Waals surface area (Å²) in [6, 6.07) is 50.2. The first-order valence-corrected chi connectivity index (χ1v) is 33.9. The number of benzene rings is 7. The van der Waals surface area contributed by atoms with Gasteiger partial charge in [0.1, 0.15) is 0 Å². The zero-order chi connectivity index (χ0) is 55.0. The molecule has 4 heteroatoms. The van der Waals surface area contributed by atoms with Crippen molar-refractivity contribution in [3.8, 4) is 0 Å². The second-order valence-corrected chi connectivity index (χ2v) is 26.4. The van der Waals surface area contributed by atoms with E-state index in [4.69, 9.17) is 11.6 Å². The second kappa shape index (κ2) is 26.4. The predicted molar refractivity (Wildman–Crippen MR) is 351 cm³/mol. The van der Waals surface area contributed by atoms with Crippen molar-refractivity contribution in [1.29, 1.82) is 0 Å². The summed E-state index contributed by atoms with van der Waals surface area (Å²) in [5.74, 6) is 0. The summed E-state index contributed by atoms with van der Waals surface area (Å²) in [5.41, 5.74) is 28.8. The lowest BCUT2D eigenvalue weighted by Crippen LogP contribution is -2.19. The summed E-state index contributed by atoms with van der Waals surface area (Å²) in [4.78, 5) is 7.86. The predicted octanol–water partition coefficient (Wildman–Crippen LogP) is 22.7. The monoisotopic (exact) mass is 1110 g/mol. The van der Waals surface area contributed by atoms with Crippen LogP contribution in [0.15, 0.2) is 121 Å². The highest BCUT2D eigenvalue weighted by atomic mass is 35.5. The fourth-order valence-electron chi connectivity index (χ4n) is 15.6. The number of hydrogen-bond donors (Lipinski definition) is 0. The Morgan fingerprint density at radius 2 is 0.366 bits per heavy atom. The Bertz CT molecular complexity index is 3000. The van der Waals surface area contributed by atoms with Gasteiger partial charge < -0.3 is 14.7 Å². The smallest absolute Gasteiger partial charge is 0.0888 e. The van der Waals surface area contributed by atoms with Crippen molar-refractivity contribution < 1.29 is 0 Å². The minimum Gasteiger partial charge on any atom is -0.310 e. The number of nitrogens with zero attached hydrogens (tertiary/aromatic N) is 3. The Hall–Kier alpha value is -5.77. The lowest BCUT2D eigenvalue weighted by molar-refractivity contribution is 0.617. The minimum absolute atomic E-state index is 0.789. The van der Waals surface area contributed by atoms with Crippen LogP contribution in [0.3, 0.4) is 0 Å². The van der Waals surface area contributed by atoms with Crippen molar-refractivity contribution in [2.24, 2.45) is 0 Å². The van der Waals surface area contributed by atoms with Gasteiger partial charge in [-0.05, 0) is 306 Å². The zero-order valence-corrected chi connectivity index (χ0v) is 50.5. The maximum absolute atomic E-state index is 8.69. The van der Waals surface area contributed by atoms with Gasteiger partial charge in [0, 0.05) is 34.1 Å². The summed E-state index contributed by atoms with van der Waals surface area (Å²) in [7, 11) is 0. The topological polar surface area (TPSA) is 9.72 Å². The largest absolute Gasteiger partial charge is 0.310 e. The molecule has 0 fully saturated rings. The van der Waals surface area contributed by atoms with Crippen LogP contribution in [0.5, 0.6) is 0 Å². The molecule has 0 aromatic heterocycles. The fourth-order valence-corrected chi connectivity index (χ4v) is 15.9. The first-order valence-electron chi connectivity index (χ1n) is 33.5. The van der Waals surface area contributed by atoms with Gasteiger partial charge in [-0.15, -0.1) is 0 Å². The molecule has 7 aromatic rings. The zero-order valence-electron chi connectivity index (χ0n) is 49.7.